The van der Waals surface area contributed by atoms with Crippen LogP contribution in [0.1, 0.15) is 45.8 Å². The van der Waals surface area contributed by atoms with Gasteiger partial charge in [0.15, 0.2) is 0 Å². The highest BCUT2D eigenvalue weighted by Gasteiger charge is 2.54. The molecule has 1 unspecified atom stereocenters. The van der Waals surface area contributed by atoms with Crippen molar-refractivity contribution in [3.8, 4) is 0 Å². The summed E-state index contributed by atoms with van der Waals surface area (Å²) in [6.45, 7) is 6.19. The van der Waals surface area contributed by atoms with Gasteiger partial charge < -0.3 is 24.6 Å². The Hall–Kier alpha value is -3.54. The largest absolute Gasteiger partial charge is 0.509 e. The van der Waals surface area contributed by atoms with Gasteiger partial charge in [-0.05, 0) is 20.3 Å². The minimum atomic E-state index is -1.39. The van der Waals surface area contributed by atoms with Crippen molar-refractivity contribution in [2.24, 2.45) is 0 Å². The standard InChI is InChI=1S/C24H28N2O9S/c1-5-24(3,4)35-23(32)34-18(14-9-7-6-8-10-14)19(28)25-16-20(29)26-17(22(30)31)15(11-33-13(2)27)12-36-21(16)26/h6-10,16,18,21H,5,11-12H2,1-4H3,(H,25,28)(H,30,31)/t16-,18?,21-/m1/s1. The minimum absolute atomic E-state index is 0.187. The van der Waals surface area contributed by atoms with Crippen LogP contribution < -0.4 is 5.32 Å². The highest BCUT2D eigenvalue weighted by molar-refractivity contribution is 8.00. The predicted octanol–water partition coefficient (Wildman–Crippen LogP) is 2.37. The fourth-order valence-electron chi connectivity index (χ4n) is 3.53. The molecule has 2 amide bonds. The Morgan fingerprint density at radius 2 is 1.89 bits per heavy atom. The topological polar surface area (TPSA) is 149 Å². The van der Waals surface area contributed by atoms with Gasteiger partial charge in [0.25, 0.3) is 11.8 Å². The zero-order valence-corrected chi connectivity index (χ0v) is 21.1. The van der Waals surface area contributed by atoms with Gasteiger partial charge in [-0.1, -0.05) is 37.3 Å². The van der Waals surface area contributed by atoms with Gasteiger partial charge in [0, 0.05) is 23.8 Å². The Balaban J connectivity index is 1.77. The first-order valence-electron chi connectivity index (χ1n) is 11.2. The van der Waals surface area contributed by atoms with E-state index in [9.17, 15) is 29.1 Å². The first kappa shape index (κ1) is 27.1. The average molecular weight is 521 g/mol. The second kappa shape index (κ2) is 11.0. The van der Waals surface area contributed by atoms with Crippen molar-refractivity contribution in [2.75, 3.05) is 12.4 Å². The molecule has 2 aliphatic heterocycles. The number of hydrogen-bond acceptors (Lipinski definition) is 9. The molecule has 0 radical (unpaired) electrons. The number of ether oxygens (including phenoxy) is 3. The molecule has 2 N–H and O–H groups in total. The summed E-state index contributed by atoms with van der Waals surface area (Å²) >= 11 is 1.23. The van der Waals surface area contributed by atoms with Crippen LogP contribution in [0.5, 0.6) is 0 Å². The molecule has 2 aliphatic rings. The lowest BCUT2D eigenvalue weighted by Gasteiger charge is -2.49. The Kier molecular flexibility index (Phi) is 8.28. The quantitative estimate of drug-likeness (QED) is 0.367. The van der Waals surface area contributed by atoms with Gasteiger partial charge in [-0.25, -0.2) is 9.59 Å². The third-order valence-electron chi connectivity index (χ3n) is 5.76. The number of benzene rings is 1. The van der Waals surface area contributed by atoms with Crippen LogP contribution in [0, 0.1) is 0 Å². The number of rotatable bonds is 9. The summed E-state index contributed by atoms with van der Waals surface area (Å²) < 4.78 is 15.6. The van der Waals surface area contributed by atoms with E-state index in [1.807, 2.05) is 6.92 Å². The third-order valence-corrected chi connectivity index (χ3v) is 7.10. The van der Waals surface area contributed by atoms with E-state index >= 15 is 0 Å². The van der Waals surface area contributed by atoms with E-state index in [0.717, 1.165) is 4.90 Å². The molecule has 1 aromatic rings. The van der Waals surface area contributed by atoms with Crippen molar-refractivity contribution < 1.29 is 43.3 Å². The van der Waals surface area contributed by atoms with E-state index in [1.54, 1.807) is 44.2 Å². The van der Waals surface area contributed by atoms with E-state index in [-0.39, 0.29) is 23.6 Å². The van der Waals surface area contributed by atoms with E-state index in [2.05, 4.69) is 5.32 Å². The van der Waals surface area contributed by atoms with Gasteiger partial charge in [0.2, 0.25) is 6.10 Å². The molecule has 36 heavy (non-hydrogen) atoms. The second-order valence-electron chi connectivity index (χ2n) is 8.81. The van der Waals surface area contributed by atoms with Gasteiger partial charge in [0.1, 0.15) is 29.3 Å². The van der Waals surface area contributed by atoms with Crippen LogP contribution in [-0.4, -0.2) is 69.3 Å². The molecule has 11 nitrogen and oxygen atoms in total. The number of nitrogens with zero attached hydrogens (tertiary/aromatic N) is 1. The monoisotopic (exact) mass is 520 g/mol. The van der Waals surface area contributed by atoms with Crippen molar-refractivity contribution in [3.63, 3.8) is 0 Å². The van der Waals surface area contributed by atoms with Crippen LogP contribution in [0.15, 0.2) is 41.6 Å². The average Bonchev–Trinajstić information content (AvgIpc) is 2.83. The Morgan fingerprint density at radius 1 is 1.22 bits per heavy atom. The number of aliphatic carboxylic acids is 1. The number of carbonyl (C=O) groups is 5. The summed E-state index contributed by atoms with van der Waals surface area (Å²) in [5.74, 6) is -3.12. The van der Waals surface area contributed by atoms with Crippen molar-refractivity contribution in [2.45, 2.75) is 57.2 Å². The van der Waals surface area contributed by atoms with E-state index in [0.29, 0.717) is 12.0 Å². The summed E-state index contributed by atoms with van der Waals surface area (Å²) in [5.41, 5.74) is -0.419. The summed E-state index contributed by atoms with van der Waals surface area (Å²) in [5, 5.41) is 11.6. The predicted molar refractivity (Wildman–Crippen MR) is 127 cm³/mol. The molecule has 1 aromatic carbocycles. The summed E-state index contributed by atoms with van der Waals surface area (Å²) in [6.07, 6.45) is -1.91. The molecular weight excluding hydrogens is 492 g/mol. The van der Waals surface area contributed by atoms with Crippen LogP contribution in [-0.2, 0) is 33.4 Å². The summed E-state index contributed by atoms with van der Waals surface area (Å²) in [4.78, 5) is 62.6. The van der Waals surface area contributed by atoms with Crippen molar-refractivity contribution in [1.29, 1.82) is 0 Å². The molecule has 12 heteroatoms. The zero-order valence-electron chi connectivity index (χ0n) is 20.3. The smallest absolute Gasteiger partial charge is 0.477 e. The number of carboxylic acid groups (broad SMARTS) is 1. The van der Waals surface area contributed by atoms with Crippen molar-refractivity contribution >= 4 is 41.7 Å². The van der Waals surface area contributed by atoms with Gasteiger partial charge in [-0.3, -0.25) is 19.3 Å². The van der Waals surface area contributed by atoms with E-state index in [1.165, 1.54) is 18.7 Å². The summed E-state index contributed by atoms with van der Waals surface area (Å²) in [6, 6.07) is 7.23. The Labute approximate surface area is 212 Å². The number of nitrogens with one attached hydrogen (secondary N) is 1. The number of amides is 2. The Bertz CT molecular complexity index is 1090. The molecule has 1 fully saturated rings. The fourth-order valence-corrected chi connectivity index (χ4v) is 4.86. The van der Waals surface area contributed by atoms with E-state index < -0.39 is 53.0 Å². The van der Waals surface area contributed by atoms with Crippen molar-refractivity contribution in [1.82, 2.24) is 10.2 Å². The van der Waals surface area contributed by atoms with Gasteiger partial charge >= 0.3 is 18.1 Å². The van der Waals surface area contributed by atoms with Gasteiger partial charge in [-0.15, -0.1) is 11.8 Å². The lowest BCUT2D eigenvalue weighted by atomic mass is 10.0. The van der Waals surface area contributed by atoms with Crippen LogP contribution >= 0.6 is 11.8 Å². The van der Waals surface area contributed by atoms with E-state index in [4.69, 9.17) is 14.2 Å². The normalized spacial score (nSPS) is 20.0. The van der Waals surface area contributed by atoms with Crippen LogP contribution in [0.2, 0.25) is 0 Å². The minimum Gasteiger partial charge on any atom is -0.477 e. The maximum absolute atomic E-state index is 13.2. The number of hydrogen-bond donors (Lipinski definition) is 2. The van der Waals surface area contributed by atoms with Gasteiger partial charge in [-0.2, -0.15) is 0 Å². The molecular formula is C24H28N2O9S. The molecule has 0 spiro atoms. The highest BCUT2D eigenvalue weighted by atomic mass is 32.2. The lowest BCUT2D eigenvalue weighted by molar-refractivity contribution is -0.152. The van der Waals surface area contributed by atoms with Crippen LogP contribution in [0.3, 0.4) is 0 Å². The number of β-lactam (4-membered cyclic amide) rings is 1. The Morgan fingerprint density at radius 3 is 2.47 bits per heavy atom. The molecule has 194 valence electrons. The van der Waals surface area contributed by atoms with Crippen molar-refractivity contribution in [3.05, 3.63) is 47.2 Å². The first-order chi connectivity index (χ1) is 16.9. The number of thioether (sulfide) groups is 1. The SMILES string of the molecule is CCC(C)(C)OC(=O)OC(C(=O)N[C@@H]1C(=O)N2C(C(=O)O)=C(COC(C)=O)CS[C@H]12)c1ccccc1. The molecule has 1 saturated heterocycles. The fraction of sp³-hybridized carbons (Fsp3) is 0.458. The van der Waals surface area contributed by atoms with Crippen LogP contribution in [0.4, 0.5) is 4.79 Å². The highest BCUT2D eigenvalue weighted by Crippen LogP contribution is 2.40. The molecule has 0 bridgehead atoms. The molecule has 0 saturated carbocycles. The molecule has 3 rings (SSSR count). The maximum Gasteiger partial charge on any atom is 0.509 e. The number of fused-ring (bicyclic) bond motifs is 1. The molecule has 3 atom stereocenters. The zero-order chi connectivity index (χ0) is 26.6. The molecule has 0 aromatic heterocycles. The maximum atomic E-state index is 13.2. The number of carboxylic acids is 1. The molecule has 2 heterocycles. The summed E-state index contributed by atoms with van der Waals surface area (Å²) in [7, 11) is 0. The number of esters is 1. The first-order valence-corrected chi connectivity index (χ1v) is 12.3. The van der Waals surface area contributed by atoms with Crippen LogP contribution in [0.25, 0.3) is 0 Å². The molecule has 0 aliphatic carbocycles. The lowest BCUT2D eigenvalue weighted by Crippen LogP contribution is -2.71. The second-order valence-corrected chi connectivity index (χ2v) is 9.91. The van der Waals surface area contributed by atoms with Gasteiger partial charge in [0.05, 0.1) is 0 Å². The number of carbonyl (C=O) groups excluding carboxylic acids is 4. The third kappa shape index (κ3) is 5.99.